The number of rotatable bonds is 40. The highest BCUT2D eigenvalue weighted by Gasteiger charge is 2.27. The van der Waals surface area contributed by atoms with Gasteiger partial charge in [0.15, 0.2) is 6.10 Å². The Labute approximate surface area is 343 Å². The van der Waals surface area contributed by atoms with Crippen LogP contribution >= 0.6 is 7.82 Å². The second-order valence-corrected chi connectivity index (χ2v) is 17.3. The molecule has 1 unspecified atom stereocenters. The first-order chi connectivity index (χ1) is 27.0. The second kappa shape index (κ2) is 38.2. The van der Waals surface area contributed by atoms with Crippen LogP contribution in [0.1, 0.15) is 167 Å². The van der Waals surface area contributed by atoms with Gasteiger partial charge in [-0.2, -0.15) is 0 Å². The molecule has 10 heteroatoms. The zero-order chi connectivity index (χ0) is 41.4. The quantitative estimate of drug-likeness (QED) is 0.0214. The number of ether oxygens (including phenoxy) is 2. The van der Waals surface area contributed by atoms with Gasteiger partial charge in [-0.05, 0) is 64.2 Å². The minimum atomic E-state index is -4.39. The number of esters is 2. The lowest BCUT2D eigenvalue weighted by molar-refractivity contribution is -0.870. The van der Waals surface area contributed by atoms with Crippen LogP contribution in [0, 0.1) is 0 Å². The molecule has 0 rings (SSSR count). The van der Waals surface area contributed by atoms with Crippen LogP contribution in [0.5, 0.6) is 0 Å². The summed E-state index contributed by atoms with van der Waals surface area (Å²) in [4.78, 5) is 35.3. The summed E-state index contributed by atoms with van der Waals surface area (Å²) in [5.74, 6) is -0.869. The van der Waals surface area contributed by atoms with Crippen molar-refractivity contribution in [1.82, 2.24) is 0 Å². The lowest BCUT2D eigenvalue weighted by atomic mass is 10.0. The standard InChI is InChI=1S/C46H82NO8P/c1-6-8-10-12-14-16-18-20-22-23-25-27-29-31-33-35-37-39-46(49)55-44(43-54-56(50,51)53-41-40-47(3,4)5)42-52-45(48)38-36-34-32-30-28-26-24-21-19-17-15-13-11-9-7-2/h7,14,16,20,22,25,27,31,33,44H,2,6,8-13,15,17-19,21,23-24,26,28-30,32,34-43H2,1,3-5H3/p+1/b16-14+,22-20+,27-25+,33-31+/t44-/m1/s1. The van der Waals surface area contributed by atoms with E-state index in [4.69, 9.17) is 18.5 Å². The molecule has 0 aromatic rings. The van der Waals surface area contributed by atoms with Crippen molar-refractivity contribution in [2.75, 3.05) is 47.5 Å². The topological polar surface area (TPSA) is 108 Å². The van der Waals surface area contributed by atoms with Crippen molar-refractivity contribution in [2.24, 2.45) is 0 Å². The predicted octanol–water partition coefficient (Wildman–Crippen LogP) is 12.5. The molecule has 0 radical (unpaired) electrons. The number of nitrogens with zero attached hydrogens (tertiary/aromatic N) is 1. The average molecular weight is 809 g/mol. The summed E-state index contributed by atoms with van der Waals surface area (Å²) in [5.41, 5.74) is 0. The first-order valence-electron chi connectivity index (χ1n) is 22.0. The highest BCUT2D eigenvalue weighted by molar-refractivity contribution is 7.47. The molecule has 0 bridgehead atoms. The molecule has 0 aromatic carbocycles. The van der Waals surface area contributed by atoms with Crippen LogP contribution in [-0.4, -0.2) is 74.9 Å². The number of likely N-dealkylation sites (N-methyl/N-ethyl adjacent to an activating group) is 1. The van der Waals surface area contributed by atoms with E-state index in [0.29, 0.717) is 23.9 Å². The molecule has 56 heavy (non-hydrogen) atoms. The second-order valence-electron chi connectivity index (χ2n) is 15.8. The Kier molecular flexibility index (Phi) is 36.7. The fourth-order valence-corrected chi connectivity index (χ4v) is 6.43. The van der Waals surface area contributed by atoms with Gasteiger partial charge in [0, 0.05) is 12.8 Å². The van der Waals surface area contributed by atoms with Crippen LogP contribution in [0.4, 0.5) is 0 Å². The number of unbranched alkanes of at least 4 members (excludes halogenated alkanes) is 17. The highest BCUT2D eigenvalue weighted by Crippen LogP contribution is 2.43. The molecular formula is C46H83NO8P+. The Morgan fingerprint density at radius 2 is 1.07 bits per heavy atom. The molecule has 0 amide bonds. The maximum absolute atomic E-state index is 12.7. The van der Waals surface area contributed by atoms with Gasteiger partial charge in [0.1, 0.15) is 19.8 Å². The zero-order valence-electron chi connectivity index (χ0n) is 36.2. The number of phosphoric ester groups is 1. The molecule has 0 aliphatic carbocycles. The molecule has 0 spiro atoms. The molecule has 0 aromatic heterocycles. The minimum Gasteiger partial charge on any atom is -0.462 e. The Morgan fingerprint density at radius 1 is 0.607 bits per heavy atom. The molecule has 0 aliphatic heterocycles. The van der Waals surface area contributed by atoms with E-state index < -0.39 is 26.5 Å². The predicted molar refractivity (Wildman–Crippen MR) is 233 cm³/mol. The molecule has 2 atom stereocenters. The summed E-state index contributed by atoms with van der Waals surface area (Å²) in [6, 6.07) is 0. The van der Waals surface area contributed by atoms with Gasteiger partial charge < -0.3 is 18.9 Å². The van der Waals surface area contributed by atoms with Gasteiger partial charge in [-0.15, -0.1) is 6.58 Å². The molecule has 0 heterocycles. The summed E-state index contributed by atoms with van der Waals surface area (Å²) < 4.78 is 34.2. The maximum atomic E-state index is 12.7. The minimum absolute atomic E-state index is 0.0190. The van der Waals surface area contributed by atoms with Crippen molar-refractivity contribution in [3.63, 3.8) is 0 Å². The smallest absolute Gasteiger partial charge is 0.462 e. The molecule has 1 N–H and O–H groups in total. The van der Waals surface area contributed by atoms with E-state index >= 15 is 0 Å². The van der Waals surface area contributed by atoms with Crippen LogP contribution in [0.25, 0.3) is 0 Å². The third-order valence-electron chi connectivity index (χ3n) is 9.17. The number of phosphoric acid groups is 1. The van der Waals surface area contributed by atoms with E-state index in [1.165, 1.54) is 89.9 Å². The molecule has 0 saturated heterocycles. The Balaban J connectivity index is 4.45. The third-order valence-corrected chi connectivity index (χ3v) is 10.2. The van der Waals surface area contributed by atoms with Crippen LogP contribution in [0.2, 0.25) is 0 Å². The van der Waals surface area contributed by atoms with E-state index in [1.54, 1.807) is 0 Å². The molecule has 0 aliphatic rings. The molecule has 0 saturated carbocycles. The normalized spacial score (nSPS) is 13.9. The van der Waals surface area contributed by atoms with Crippen molar-refractivity contribution in [2.45, 2.75) is 174 Å². The van der Waals surface area contributed by atoms with Gasteiger partial charge in [0.25, 0.3) is 0 Å². The van der Waals surface area contributed by atoms with Crippen molar-refractivity contribution in [3.8, 4) is 0 Å². The number of hydrogen-bond acceptors (Lipinski definition) is 7. The lowest BCUT2D eigenvalue weighted by Gasteiger charge is -2.24. The van der Waals surface area contributed by atoms with Crippen LogP contribution < -0.4 is 0 Å². The molecule has 9 nitrogen and oxygen atoms in total. The van der Waals surface area contributed by atoms with Crippen molar-refractivity contribution in [1.29, 1.82) is 0 Å². The van der Waals surface area contributed by atoms with Gasteiger partial charge in [0.05, 0.1) is 27.7 Å². The highest BCUT2D eigenvalue weighted by atomic mass is 31.2. The zero-order valence-corrected chi connectivity index (χ0v) is 37.1. The van der Waals surface area contributed by atoms with Crippen molar-refractivity contribution < 1.29 is 42.1 Å². The van der Waals surface area contributed by atoms with E-state index in [2.05, 4.69) is 56.0 Å². The number of quaternary nitrogens is 1. The van der Waals surface area contributed by atoms with Gasteiger partial charge in [0.2, 0.25) is 0 Å². The Bertz CT molecular complexity index is 1130. The first-order valence-corrected chi connectivity index (χ1v) is 23.5. The van der Waals surface area contributed by atoms with Gasteiger partial charge in [-0.25, -0.2) is 4.57 Å². The van der Waals surface area contributed by atoms with E-state index in [9.17, 15) is 19.0 Å². The Hall–Kier alpha value is -2.29. The lowest BCUT2D eigenvalue weighted by Crippen LogP contribution is -2.37. The summed E-state index contributed by atoms with van der Waals surface area (Å²) in [7, 11) is 1.43. The van der Waals surface area contributed by atoms with Gasteiger partial charge >= 0.3 is 19.8 Å². The third kappa shape index (κ3) is 41.3. The first kappa shape index (κ1) is 53.7. The number of hydrogen-bond donors (Lipinski definition) is 1. The van der Waals surface area contributed by atoms with Gasteiger partial charge in [-0.1, -0.05) is 145 Å². The summed E-state index contributed by atoms with van der Waals surface area (Å²) in [6.45, 7) is 5.84. The Morgan fingerprint density at radius 3 is 1.59 bits per heavy atom. The number of carbonyl (C=O) groups is 2. The summed E-state index contributed by atoms with van der Waals surface area (Å²) in [5, 5.41) is 0. The van der Waals surface area contributed by atoms with Crippen LogP contribution in [-0.2, 0) is 32.7 Å². The maximum Gasteiger partial charge on any atom is 0.472 e. The van der Waals surface area contributed by atoms with Crippen LogP contribution in [0.15, 0.2) is 61.3 Å². The molecular weight excluding hydrogens is 725 g/mol. The van der Waals surface area contributed by atoms with Crippen molar-refractivity contribution >= 4 is 19.8 Å². The fourth-order valence-electron chi connectivity index (χ4n) is 5.69. The fraction of sp³-hybridized carbons (Fsp3) is 0.739. The number of allylic oxidation sites excluding steroid dienone is 9. The largest absolute Gasteiger partial charge is 0.472 e. The number of carbonyl (C=O) groups excluding carboxylic acids is 2. The molecule has 0 fully saturated rings. The van der Waals surface area contributed by atoms with E-state index in [1.807, 2.05) is 33.3 Å². The SMILES string of the molecule is C=CCCCCCCCCCCCCCCCC(=O)OC[C@H](COP(=O)(O)OCC[N+](C)(C)C)OC(=O)CCC/C=C/C/C=C/C/C=C/C/C=C/CCCCC. The summed E-state index contributed by atoms with van der Waals surface area (Å²) in [6.07, 6.45) is 44.5. The van der Waals surface area contributed by atoms with Gasteiger partial charge in [-0.3, -0.25) is 18.6 Å². The summed E-state index contributed by atoms with van der Waals surface area (Å²) >= 11 is 0. The van der Waals surface area contributed by atoms with Crippen LogP contribution in [0.3, 0.4) is 0 Å². The average Bonchev–Trinajstić information content (AvgIpc) is 3.15. The monoisotopic (exact) mass is 809 g/mol. The van der Waals surface area contributed by atoms with E-state index in [0.717, 1.165) is 44.9 Å². The van der Waals surface area contributed by atoms with E-state index in [-0.39, 0.29) is 32.0 Å². The molecule has 324 valence electrons. The van der Waals surface area contributed by atoms with Crippen molar-refractivity contribution in [3.05, 3.63) is 61.3 Å².